The van der Waals surface area contributed by atoms with Crippen LogP contribution in [-0.4, -0.2) is 4.98 Å². The number of nitrogens with zero attached hydrogens (tertiary/aromatic N) is 1. The van der Waals surface area contributed by atoms with E-state index in [9.17, 15) is 0 Å². The Kier molecular flexibility index (Phi) is 4.61. The molecule has 0 radical (unpaired) electrons. The highest BCUT2D eigenvalue weighted by Gasteiger charge is 2.08. The lowest BCUT2D eigenvalue weighted by Gasteiger charge is -2.10. The third-order valence-electron chi connectivity index (χ3n) is 4.14. The Morgan fingerprint density at radius 2 is 0.960 bits per heavy atom. The molecule has 0 N–H and O–H groups in total. The Balaban J connectivity index is 1.90. The van der Waals surface area contributed by atoms with E-state index in [2.05, 4.69) is 108 Å². The highest BCUT2D eigenvalue weighted by Crippen LogP contribution is 2.30. The molecule has 1 nitrogen and oxygen atoms in total. The van der Waals surface area contributed by atoms with Crippen LogP contribution in [0.3, 0.4) is 0 Å². The van der Waals surface area contributed by atoms with E-state index in [1.165, 1.54) is 14.7 Å². The molecule has 1 aromatic heterocycles. The van der Waals surface area contributed by atoms with E-state index in [1.807, 2.05) is 12.1 Å². The van der Waals surface area contributed by atoms with Gasteiger partial charge in [0, 0.05) is 14.7 Å². The van der Waals surface area contributed by atoms with Crippen LogP contribution in [0.15, 0.2) is 97.1 Å². The van der Waals surface area contributed by atoms with E-state index < -0.39 is 0 Å². The summed E-state index contributed by atoms with van der Waals surface area (Å²) in [6, 6.07) is 33.7. The number of aromatic nitrogens is 1. The molecule has 0 atom stereocenters. The zero-order valence-corrected chi connectivity index (χ0v) is 15.7. The standard InChI is InChI=1S/C23H16IN/c24-21-13-11-17(12-14-21)20-15-22(18-7-3-1-4-8-18)25-23(16-20)19-9-5-2-6-10-19/h1-16H. The van der Waals surface area contributed by atoms with Gasteiger partial charge in [0.25, 0.3) is 0 Å². The summed E-state index contributed by atoms with van der Waals surface area (Å²) in [5, 5.41) is 0. The quantitative estimate of drug-likeness (QED) is 0.328. The van der Waals surface area contributed by atoms with Crippen molar-refractivity contribution in [3.05, 3.63) is 101 Å². The SMILES string of the molecule is Ic1ccc(-c2cc(-c3ccccc3)nc(-c3ccccc3)c2)cc1. The van der Waals surface area contributed by atoms with Crippen molar-refractivity contribution in [3.8, 4) is 33.6 Å². The molecule has 0 saturated carbocycles. The lowest BCUT2D eigenvalue weighted by Crippen LogP contribution is -1.91. The van der Waals surface area contributed by atoms with E-state index in [0.29, 0.717) is 0 Å². The Hall–Kier alpha value is -2.46. The van der Waals surface area contributed by atoms with Crippen molar-refractivity contribution in [2.45, 2.75) is 0 Å². The maximum atomic E-state index is 4.92. The Bertz CT molecular complexity index is 920. The molecule has 0 saturated heterocycles. The fourth-order valence-corrected chi connectivity index (χ4v) is 3.21. The monoisotopic (exact) mass is 433 g/mol. The first-order chi connectivity index (χ1) is 12.3. The summed E-state index contributed by atoms with van der Waals surface area (Å²) in [5.74, 6) is 0. The number of benzene rings is 3. The number of halogens is 1. The molecule has 0 bridgehead atoms. The first-order valence-corrected chi connectivity index (χ1v) is 9.26. The number of pyridine rings is 1. The van der Waals surface area contributed by atoms with E-state index in [-0.39, 0.29) is 0 Å². The van der Waals surface area contributed by atoms with Crippen LogP contribution in [0.2, 0.25) is 0 Å². The van der Waals surface area contributed by atoms with Crippen molar-refractivity contribution in [1.29, 1.82) is 0 Å². The van der Waals surface area contributed by atoms with Crippen molar-refractivity contribution >= 4 is 22.6 Å². The molecule has 3 aromatic carbocycles. The van der Waals surface area contributed by atoms with Crippen LogP contribution in [0.5, 0.6) is 0 Å². The topological polar surface area (TPSA) is 12.9 Å². The predicted molar refractivity (Wildman–Crippen MR) is 113 cm³/mol. The highest BCUT2D eigenvalue weighted by atomic mass is 127. The molecule has 0 unspecified atom stereocenters. The summed E-state index contributed by atoms with van der Waals surface area (Å²) < 4.78 is 1.24. The van der Waals surface area contributed by atoms with Gasteiger partial charge in [-0.05, 0) is 58.0 Å². The van der Waals surface area contributed by atoms with Crippen LogP contribution in [0.25, 0.3) is 33.6 Å². The third kappa shape index (κ3) is 3.64. The summed E-state index contributed by atoms with van der Waals surface area (Å²) in [7, 11) is 0. The zero-order valence-electron chi connectivity index (χ0n) is 13.6. The van der Waals surface area contributed by atoms with Crippen molar-refractivity contribution < 1.29 is 0 Å². The fraction of sp³-hybridized carbons (Fsp3) is 0. The molecule has 25 heavy (non-hydrogen) atoms. The van der Waals surface area contributed by atoms with Crippen molar-refractivity contribution in [3.63, 3.8) is 0 Å². The first kappa shape index (κ1) is 16.0. The van der Waals surface area contributed by atoms with Crippen LogP contribution in [0, 0.1) is 3.57 Å². The van der Waals surface area contributed by atoms with Gasteiger partial charge in [0.2, 0.25) is 0 Å². The Morgan fingerprint density at radius 3 is 1.44 bits per heavy atom. The average molecular weight is 433 g/mol. The molecule has 4 rings (SSSR count). The molecule has 1 heterocycles. The third-order valence-corrected chi connectivity index (χ3v) is 4.86. The van der Waals surface area contributed by atoms with Crippen molar-refractivity contribution in [2.75, 3.05) is 0 Å². The van der Waals surface area contributed by atoms with Crippen molar-refractivity contribution in [2.24, 2.45) is 0 Å². The predicted octanol–water partition coefficient (Wildman–Crippen LogP) is 6.69. The molecule has 4 aromatic rings. The summed E-state index contributed by atoms with van der Waals surface area (Å²) >= 11 is 2.34. The van der Waals surface area contributed by atoms with Gasteiger partial charge in [0.15, 0.2) is 0 Å². The van der Waals surface area contributed by atoms with Crippen LogP contribution in [0.1, 0.15) is 0 Å². The molecule has 0 aliphatic rings. The van der Waals surface area contributed by atoms with Gasteiger partial charge in [-0.25, -0.2) is 4.98 Å². The summed E-state index contributed by atoms with van der Waals surface area (Å²) in [6.07, 6.45) is 0. The molecule has 2 heteroatoms. The highest BCUT2D eigenvalue weighted by molar-refractivity contribution is 14.1. The molecule has 120 valence electrons. The average Bonchev–Trinajstić information content (AvgIpc) is 2.69. The van der Waals surface area contributed by atoms with Gasteiger partial charge in [-0.3, -0.25) is 0 Å². The normalized spacial score (nSPS) is 10.6. The summed E-state index contributed by atoms with van der Waals surface area (Å²) in [5.41, 5.74) is 6.64. The van der Waals surface area contributed by atoms with Crippen LogP contribution < -0.4 is 0 Å². The summed E-state index contributed by atoms with van der Waals surface area (Å²) in [4.78, 5) is 4.92. The minimum atomic E-state index is 0.996. The van der Waals surface area contributed by atoms with Gasteiger partial charge in [-0.15, -0.1) is 0 Å². The van der Waals surface area contributed by atoms with Gasteiger partial charge in [0.05, 0.1) is 11.4 Å². The smallest absolute Gasteiger partial charge is 0.0715 e. The Morgan fingerprint density at radius 1 is 0.480 bits per heavy atom. The van der Waals surface area contributed by atoms with Gasteiger partial charge in [-0.2, -0.15) is 0 Å². The number of hydrogen-bond donors (Lipinski definition) is 0. The maximum absolute atomic E-state index is 4.92. The van der Waals surface area contributed by atoms with Gasteiger partial charge < -0.3 is 0 Å². The first-order valence-electron chi connectivity index (χ1n) is 8.18. The van der Waals surface area contributed by atoms with Crippen LogP contribution in [-0.2, 0) is 0 Å². The zero-order chi connectivity index (χ0) is 17.1. The lowest BCUT2D eigenvalue weighted by molar-refractivity contribution is 1.32. The Labute approximate surface area is 161 Å². The molecule has 0 amide bonds. The second-order valence-electron chi connectivity index (χ2n) is 5.87. The lowest BCUT2D eigenvalue weighted by atomic mass is 10.00. The number of rotatable bonds is 3. The molecular formula is C23H16IN. The molecule has 0 fully saturated rings. The molecule has 0 aliphatic carbocycles. The van der Waals surface area contributed by atoms with Gasteiger partial charge >= 0.3 is 0 Å². The van der Waals surface area contributed by atoms with Gasteiger partial charge in [0.1, 0.15) is 0 Å². The van der Waals surface area contributed by atoms with E-state index in [0.717, 1.165) is 22.5 Å². The minimum absolute atomic E-state index is 0.996. The van der Waals surface area contributed by atoms with Crippen LogP contribution >= 0.6 is 22.6 Å². The molecular weight excluding hydrogens is 417 g/mol. The minimum Gasteiger partial charge on any atom is -0.248 e. The second kappa shape index (κ2) is 7.19. The number of hydrogen-bond acceptors (Lipinski definition) is 1. The summed E-state index contributed by atoms with van der Waals surface area (Å²) in [6.45, 7) is 0. The second-order valence-corrected chi connectivity index (χ2v) is 7.11. The largest absolute Gasteiger partial charge is 0.248 e. The van der Waals surface area contributed by atoms with Gasteiger partial charge in [-0.1, -0.05) is 72.8 Å². The molecule has 0 aliphatic heterocycles. The van der Waals surface area contributed by atoms with E-state index in [4.69, 9.17) is 4.98 Å². The fourth-order valence-electron chi connectivity index (χ4n) is 2.85. The molecule has 0 spiro atoms. The van der Waals surface area contributed by atoms with E-state index in [1.54, 1.807) is 0 Å². The van der Waals surface area contributed by atoms with E-state index >= 15 is 0 Å². The van der Waals surface area contributed by atoms with Crippen molar-refractivity contribution in [1.82, 2.24) is 4.98 Å². The maximum Gasteiger partial charge on any atom is 0.0715 e. The van der Waals surface area contributed by atoms with Crippen LogP contribution in [0.4, 0.5) is 0 Å².